The van der Waals surface area contributed by atoms with Crippen LogP contribution < -0.4 is 10.1 Å². The van der Waals surface area contributed by atoms with Crippen LogP contribution in [0.15, 0.2) is 23.4 Å². The lowest BCUT2D eigenvalue weighted by molar-refractivity contribution is -0.113. The van der Waals surface area contributed by atoms with E-state index in [1.807, 2.05) is 29.5 Å². The Bertz CT molecular complexity index is 1360. The van der Waals surface area contributed by atoms with Gasteiger partial charge in [0.25, 0.3) is 0 Å². The fourth-order valence-corrected chi connectivity index (χ4v) is 6.59. The van der Waals surface area contributed by atoms with Gasteiger partial charge in [0.1, 0.15) is 16.4 Å². The average Bonchev–Trinajstić information content (AvgIpc) is 3.37. The first-order valence-corrected chi connectivity index (χ1v) is 13.0. The smallest absolute Gasteiger partial charge is 0.234 e. The third-order valence-corrected chi connectivity index (χ3v) is 8.19. The van der Waals surface area contributed by atoms with Gasteiger partial charge in [0, 0.05) is 11.3 Å². The molecule has 1 atom stereocenters. The number of rotatable bonds is 6. The second-order valence-corrected chi connectivity index (χ2v) is 10.6. The molecule has 9 heteroatoms. The number of anilines is 1. The number of thioether (sulfide) groups is 1. The Morgan fingerprint density at radius 3 is 3.00 bits per heavy atom. The zero-order chi connectivity index (χ0) is 23.1. The highest BCUT2D eigenvalue weighted by Gasteiger charge is 2.25. The summed E-state index contributed by atoms with van der Waals surface area (Å²) in [6.07, 6.45) is 4.14. The van der Waals surface area contributed by atoms with Gasteiger partial charge >= 0.3 is 0 Å². The molecular weight excluding hydrogens is 454 g/mol. The summed E-state index contributed by atoms with van der Waals surface area (Å²) in [5.74, 6) is 2.38. The van der Waals surface area contributed by atoms with E-state index in [-0.39, 0.29) is 11.7 Å². The minimum atomic E-state index is -0.116. The van der Waals surface area contributed by atoms with Gasteiger partial charge in [0.15, 0.2) is 10.8 Å². The molecule has 5 rings (SSSR count). The molecule has 0 unspecified atom stereocenters. The molecule has 4 aromatic rings. The Labute approximate surface area is 201 Å². The first-order valence-electron chi connectivity index (χ1n) is 11.2. The predicted molar refractivity (Wildman–Crippen MR) is 134 cm³/mol. The van der Waals surface area contributed by atoms with E-state index in [1.54, 1.807) is 18.4 Å². The number of amides is 1. The Morgan fingerprint density at radius 2 is 2.21 bits per heavy atom. The topological polar surface area (TPSA) is 81.4 Å². The number of aryl methyl sites for hydroxylation is 3. The summed E-state index contributed by atoms with van der Waals surface area (Å²) in [7, 11) is 1.60. The van der Waals surface area contributed by atoms with Gasteiger partial charge in [-0.1, -0.05) is 31.7 Å². The van der Waals surface area contributed by atoms with Crippen LogP contribution in [0.5, 0.6) is 5.75 Å². The third kappa shape index (κ3) is 4.08. The lowest BCUT2D eigenvalue weighted by atomic mass is 9.89. The minimum Gasteiger partial charge on any atom is -0.495 e. The van der Waals surface area contributed by atoms with E-state index < -0.39 is 0 Å². The molecule has 1 N–H and O–H groups in total. The molecular formula is C24H27N5O2S2. The number of ether oxygens (including phenoxy) is 1. The quantitative estimate of drug-likeness (QED) is 0.387. The summed E-state index contributed by atoms with van der Waals surface area (Å²) >= 11 is 3.19. The maximum Gasteiger partial charge on any atom is 0.234 e. The number of nitrogens with one attached hydrogen (secondary N) is 1. The summed E-state index contributed by atoms with van der Waals surface area (Å²) in [6.45, 7) is 6.39. The van der Waals surface area contributed by atoms with Crippen LogP contribution in [0.25, 0.3) is 15.9 Å². The van der Waals surface area contributed by atoms with Gasteiger partial charge in [-0.05, 0) is 55.4 Å². The summed E-state index contributed by atoms with van der Waals surface area (Å²) in [6, 6.07) is 5.72. The fraction of sp³-hybridized carbons (Fsp3) is 0.417. The van der Waals surface area contributed by atoms with Crippen LogP contribution in [-0.2, 0) is 24.1 Å². The molecule has 172 valence electrons. The zero-order valence-electron chi connectivity index (χ0n) is 19.3. The Hall–Kier alpha value is -2.65. The number of fused-ring (bicyclic) bond motifs is 5. The van der Waals surface area contributed by atoms with Crippen LogP contribution in [0.4, 0.5) is 5.69 Å². The molecule has 7 nitrogen and oxygen atoms in total. The normalized spacial score (nSPS) is 15.7. The van der Waals surface area contributed by atoms with Gasteiger partial charge < -0.3 is 10.1 Å². The van der Waals surface area contributed by atoms with Crippen LogP contribution in [-0.4, -0.2) is 38.4 Å². The third-order valence-electron chi connectivity index (χ3n) is 6.12. The molecule has 0 saturated heterocycles. The van der Waals surface area contributed by atoms with Gasteiger partial charge in [-0.3, -0.25) is 9.20 Å². The number of benzene rings is 1. The van der Waals surface area contributed by atoms with Crippen LogP contribution in [0.1, 0.15) is 42.1 Å². The van der Waals surface area contributed by atoms with Crippen molar-refractivity contribution in [1.29, 1.82) is 0 Å². The minimum absolute atomic E-state index is 0.116. The van der Waals surface area contributed by atoms with Gasteiger partial charge in [-0.2, -0.15) is 0 Å². The molecule has 0 radical (unpaired) electrons. The van der Waals surface area contributed by atoms with Crippen molar-refractivity contribution in [2.24, 2.45) is 5.92 Å². The highest BCUT2D eigenvalue weighted by molar-refractivity contribution is 7.99. The van der Waals surface area contributed by atoms with Crippen LogP contribution in [0, 0.1) is 12.8 Å². The van der Waals surface area contributed by atoms with E-state index in [0.717, 1.165) is 46.5 Å². The Kier molecular flexibility index (Phi) is 6.01. The second-order valence-electron chi connectivity index (χ2n) is 8.60. The molecule has 0 spiro atoms. The number of thiophene rings is 1. The summed E-state index contributed by atoms with van der Waals surface area (Å²) in [5.41, 5.74) is 3.98. The van der Waals surface area contributed by atoms with Crippen molar-refractivity contribution >= 4 is 50.6 Å². The monoisotopic (exact) mass is 481 g/mol. The van der Waals surface area contributed by atoms with Crippen molar-refractivity contribution in [1.82, 2.24) is 19.6 Å². The van der Waals surface area contributed by atoms with Gasteiger partial charge in [-0.25, -0.2) is 4.98 Å². The van der Waals surface area contributed by atoms with E-state index >= 15 is 0 Å². The SMILES string of the molecule is CCc1nc2sc3c(c2c2nnc(SCC(=O)Nc4cc(C)ccc4OC)n12)CC[C@@H](C)C3. The molecule has 1 aliphatic rings. The Balaban J connectivity index is 1.44. The van der Waals surface area contributed by atoms with E-state index in [4.69, 9.17) is 9.72 Å². The first kappa shape index (κ1) is 22.2. The molecule has 0 fully saturated rings. The second kappa shape index (κ2) is 8.95. The van der Waals surface area contributed by atoms with E-state index in [2.05, 4.69) is 29.4 Å². The standard InChI is InChI=1S/C24H27N5O2S2/c1-5-19-26-23-21(15-8-6-14(3)11-18(15)33-23)22-27-28-24(29(19)22)32-12-20(30)25-16-10-13(2)7-9-17(16)31-4/h7,9-10,14H,5-6,8,11-12H2,1-4H3,(H,25,30)/t14-/m1/s1. The van der Waals surface area contributed by atoms with E-state index in [1.165, 1.54) is 28.6 Å². The van der Waals surface area contributed by atoms with Crippen molar-refractivity contribution < 1.29 is 9.53 Å². The van der Waals surface area contributed by atoms with E-state index in [9.17, 15) is 4.79 Å². The highest BCUT2D eigenvalue weighted by Crippen LogP contribution is 2.39. The molecule has 0 saturated carbocycles. The lowest BCUT2D eigenvalue weighted by Gasteiger charge is -2.17. The molecule has 33 heavy (non-hydrogen) atoms. The lowest BCUT2D eigenvalue weighted by Crippen LogP contribution is -2.15. The van der Waals surface area contributed by atoms with Crippen LogP contribution >= 0.6 is 23.1 Å². The fourth-order valence-electron chi connectivity index (χ4n) is 4.44. The molecule has 1 aromatic carbocycles. The largest absolute Gasteiger partial charge is 0.495 e. The molecule has 0 aliphatic heterocycles. The maximum absolute atomic E-state index is 12.7. The molecule has 1 amide bonds. The number of carbonyl (C=O) groups excluding carboxylic acids is 1. The zero-order valence-corrected chi connectivity index (χ0v) is 20.9. The maximum atomic E-state index is 12.7. The molecule has 0 bridgehead atoms. The number of methoxy groups -OCH3 is 1. The Morgan fingerprint density at radius 1 is 1.36 bits per heavy atom. The first-order chi connectivity index (χ1) is 16.0. The van der Waals surface area contributed by atoms with Crippen molar-refractivity contribution in [2.45, 2.75) is 51.6 Å². The van der Waals surface area contributed by atoms with E-state index in [0.29, 0.717) is 22.5 Å². The molecule has 3 aromatic heterocycles. The molecule has 3 heterocycles. The van der Waals surface area contributed by atoms with Gasteiger partial charge in [0.2, 0.25) is 5.91 Å². The average molecular weight is 482 g/mol. The van der Waals surface area contributed by atoms with Crippen molar-refractivity contribution in [3.05, 3.63) is 40.0 Å². The van der Waals surface area contributed by atoms with Crippen molar-refractivity contribution in [3.63, 3.8) is 0 Å². The summed E-state index contributed by atoms with van der Waals surface area (Å²) in [4.78, 5) is 20.2. The van der Waals surface area contributed by atoms with Crippen LogP contribution in [0.2, 0.25) is 0 Å². The number of carbonyl (C=O) groups is 1. The van der Waals surface area contributed by atoms with Gasteiger partial charge in [-0.15, -0.1) is 21.5 Å². The number of nitrogens with zero attached hydrogens (tertiary/aromatic N) is 4. The predicted octanol–water partition coefficient (Wildman–Crippen LogP) is 5.07. The van der Waals surface area contributed by atoms with Crippen molar-refractivity contribution in [2.75, 3.05) is 18.2 Å². The van der Waals surface area contributed by atoms with Crippen LogP contribution in [0.3, 0.4) is 0 Å². The molecule has 1 aliphatic carbocycles. The highest BCUT2D eigenvalue weighted by atomic mass is 32.2. The number of hydrogen-bond donors (Lipinski definition) is 1. The number of hydrogen-bond acceptors (Lipinski definition) is 7. The summed E-state index contributed by atoms with van der Waals surface area (Å²) in [5, 5.41) is 13.8. The van der Waals surface area contributed by atoms with Crippen molar-refractivity contribution in [3.8, 4) is 5.75 Å². The van der Waals surface area contributed by atoms with Gasteiger partial charge in [0.05, 0.1) is 23.9 Å². The number of aromatic nitrogens is 4. The summed E-state index contributed by atoms with van der Waals surface area (Å²) < 4.78 is 7.41.